The summed E-state index contributed by atoms with van der Waals surface area (Å²) >= 11 is 0. The molecule has 2 unspecified atom stereocenters. The van der Waals surface area contributed by atoms with Crippen LogP contribution in [-0.2, 0) is 22.7 Å². The first-order valence-corrected chi connectivity index (χ1v) is 7.48. The minimum atomic E-state index is -4.34. The molecule has 0 bridgehead atoms. The molecule has 1 aromatic carbocycles. The molecule has 0 aliphatic carbocycles. The van der Waals surface area contributed by atoms with Crippen LogP contribution in [0.1, 0.15) is 31.4 Å². The molecule has 8 heteroatoms. The van der Waals surface area contributed by atoms with E-state index >= 15 is 0 Å². The van der Waals surface area contributed by atoms with Crippen LogP contribution in [0.25, 0.3) is 0 Å². The molecular weight excluding hydrogens is 345 g/mol. The van der Waals surface area contributed by atoms with Crippen LogP contribution in [0.2, 0.25) is 0 Å². The van der Waals surface area contributed by atoms with Crippen molar-refractivity contribution in [2.24, 2.45) is 11.7 Å². The quantitative estimate of drug-likeness (QED) is 0.740. The zero-order valence-electron chi connectivity index (χ0n) is 13.7. The van der Waals surface area contributed by atoms with E-state index in [1.54, 1.807) is 24.3 Å². The molecule has 1 amide bonds. The van der Waals surface area contributed by atoms with Gasteiger partial charge >= 0.3 is 6.18 Å². The molecular formula is C16H24ClF3N2O2. The van der Waals surface area contributed by atoms with Crippen molar-refractivity contribution in [3.8, 4) is 0 Å². The number of carbonyl (C=O) groups is 1. The summed E-state index contributed by atoms with van der Waals surface area (Å²) in [5.74, 6) is -0.157. The van der Waals surface area contributed by atoms with E-state index in [9.17, 15) is 18.0 Å². The van der Waals surface area contributed by atoms with E-state index in [1.807, 2.05) is 13.8 Å². The van der Waals surface area contributed by atoms with Crippen LogP contribution in [0.4, 0.5) is 13.2 Å². The number of nitrogens with one attached hydrogen (secondary N) is 1. The number of benzene rings is 1. The Bertz CT molecular complexity index is 512. The third kappa shape index (κ3) is 8.52. The Morgan fingerprint density at radius 1 is 1.33 bits per heavy atom. The van der Waals surface area contributed by atoms with Gasteiger partial charge in [0.2, 0.25) is 5.91 Å². The highest BCUT2D eigenvalue weighted by molar-refractivity contribution is 5.85. The number of alkyl halides is 3. The predicted octanol–water partition coefficient (Wildman–Crippen LogP) is 3.18. The van der Waals surface area contributed by atoms with Crippen molar-refractivity contribution in [3.63, 3.8) is 0 Å². The summed E-state index contributed by atoms with van der Waals surface area (Å²) in [6, 6.07) is 6.29. The van der Waals surface area contributed by atoms with Gasteiger partial charge < -0.3 is 15.8 Å². The maximum Gasteiger partial charge on any atom is 0.411 e. The predicted molar refractivity (Wildman–Crippen MR) is 88.7 cm³/mol. The Labute approximate surface area is 146 Å². The maximum absolute atomic E-state index is 12.0. The Balaban J connectivity index is 0.00000529. The zero-order chi connectivity index (χ0) is 17.5. The molecule has 4 nitrogen and oxygen atoms in total. The van der Waals surface area contributed by atoms with Gasteiger partial charge in [0, 0.05) is 6.54 Å². The molecule has 1 rings (SSSR count). The number of rotatable bonds is 8. The van der Waals surface area contributed by atoms with Gasteiger partial charge in [-0.2, -0.15) is 13.2 Å². The lowest BCUT2D eigenvalue weighted by Crippen LogP contribution is -2.44. The first-order chi connectivity index (χ1) is 10.7. The van der Waals surface area contributed by atoms with Crippen LogP contribution in [0.5, 0.6) is 0 Å². The van der Waals surface area contributed by atoms with E-state index < -0.39 is 18.8 Å². The summed E-state index contributed by atoms with van der Waals surface area (Å²) in [6.07, 6.45) is -3.53. The lowest BCUT2D eigenvalue weighted by atomic mass is 9.99. The molecule has 0 aromatic heterocycles. The first kappa shape index (κ1) is 22.7. The molecule has 2 atom stereocenters. The number of nitrogens with two attached hydrogens (primary N) is 1. The third-order valence-electron chi connectivity index (χ3n) is 3.55. The fraction of sp³-hybridized carbons (Fsp3) is 0.562. The van der Waals surface area contributed by atoms with Gasteiger partial charge in [-0.05, 0) is 17.0 Å². The minimum absolute atomic E-state index is 0. The van der Waals surface area contributed by atoms with Gasteiger partial charge in [0.25, 0.3) is 0 Å². The molecule has 0 saturated heterocycles. The third-order valence-corrected chi connectivity index (χ3v) is 3.55. The SMILES string of the molecule is CCC(C)C(N)C(=O)NCc1cccc(COCC(F)(F)F)c1.Cl. The summed E-state index contributed by atoms with van der Waals surface area (Å²) in [6.45, 7) is 2.73. The van der Waals surface area contributed by atoms with Crippen molar-refractivity contribution in [1.82, 2.24) is 5.32 Å². The van der Waals surface area contributed by atoms with Gasteiger partial charge in [0.1, 0.15) is 6.61 Å². The summed E-state index contributed by atoms with van der Waals surface area (Å²) in [5.41, 5.74) is 7.23. The van der Waals surface area contributed by atoms with Crippen molar-refractivity contribution in [2.75, 3.05) is 6.61 Å². The largest absolute Gasteiger partial charge is 0.411 e. The van der Waals surface area contributed by atoms with Crippen molar-refractivity contribution >= 4 is 18.3 Å². The van der Waals surface area contributed by atoms with Crippen LogP contribution in [0.15, 0.2) is 24.3 Å². The summed E-state index contributed by atoms with van der Waals surface area (Å²) in [4.78, 5) is 11.9. The van der Waals surface area contributed by atoms with Crippen molar-refractivity contribution in [2.45, 2.75) is 45.6 Å². The molecule has 1 aromatic rings. The van der Waals surface area contributed by atoms with E-state index in [2.05, 4.69) is 10.1 Å². The highest BCUT2D eigenvalue weighted by atomic mass is 35.5. The maximum atomic E-state index is 12.0. The lowest BCUT2D eigenvalue weighted by Gasteiger charge is -2.17. The molecule has 0 fully saturated rings. The van der Waals surface area contributed by atoms with E-state index in [4.69, 9.17) is 5.73 Å². The first-order valence-electron chi connectivity index (χ1n) is 7.48. The second kappa shape index (κ2) is 10.5. The van der Waals surface area contributed by atoms with E-state index in [1.165, 1.54) is 0 Å². The second-order valence-corrected chi connectivity index (χ2v) is 5.56. The molecule has 0 heterocycles. The normalized spacial score (nSPS) is 13.8. The smallest absolute Gasteiger partial charge is 0.367 e. The van der Waals surface area contributed by atoms with Gasteiger partial charge in [-0.15, -0.1) is 12.4 Å². The average molecular weight is 369 g/mol. The van der Waals surface area contributed by atoms with Gasteiger partial charge in [-0.25, -0.2) is 0 Å². The monoisotopic (exact) mass is 368 g/mol. The van der Waals surface area contributed by atoms with E-state index in [-0.39, 0.29) is 37.4 Å². The van der Waals surface area contributed by atoms with E-state index in [0.29, 0.717) is 5.56 Å². The highest BCUT2D eigenvalue weighted by Gasteiger charge is 2.27. The number of ether oxygens (including phenoxy) is 1. The fourth-order valence-corrected chi connectivity index (χ4v) is 1.93. The molecule has 0 radical (unpaired) electrons. The molecule has 0 saturated carbocycles. The van der Waals surface area contributed by atoms with Gasteiger partial charge in [0.05, 0.1) is 12.6 Å². The number of hydrogen-bond donors (Lipinski definition) is 2. The Morgan fingerprint density at radius 3 is 2.54 bits per heavy atom. The van der Waals surface area contributed by atoms with Crippen LogP contribution in [0.3, 0.4) is 0 Å². The molecule has 0 spiro atoms. The standard InChI is InChI=1S/C16H23F3N2O2.ClH/c1-3-11(2)14(20)15(22)21-8-12-5-4-6-13(7-12)9-23-10-16(17,18)19;/h4-7,11,14H,3,8-10,20H2,1-2H3,(H,21,22);1H. The number of halogens is 4. The highest BCUT2D eigenvalue weighted by Crippen LogP contribution is 2.16. The van der Waals surface area contributed by atoms with Gasteiger partial charge in [-0.3, -0.25) is 4.79 Å². The topological polar surface area (TPSA) is 64.4 Å². The van der Waals surface area contributed by atoms with E-state index in [0.717, 1.165) is 12.0 Å². The van der Waals surface area contributed by atoms with Crippen LogP contribution < -0.4 is 11.1 Å². The molecule has 3 N–H and O–H groups in total. The minimum Gasteiger partial charge on any atom is -0.367 e. The van der Waals surface area contributed by atoms with Crippen LogP contribution in [0, 0.1) is 5.92 Å². The Hall–Kier alpha value is -1.31. The second-order valence-electron chi connectivity index (χ2n) is 5.56. The fourth-order valence-electron chi connectivity index (χ4n) is 1.93. The molecule has 24 heavy (non-hydrogen) atoms. The number of amides is 1. The molecule has 0 aliphatic rings. The van der Waals surface area contributed by atoms with Crippen LogP contribution >= 0.6 is 12.4 Å². The van der Waals surface area contributed by atoms with Crippen LogP contribution in [-0.4, -0.2) is 24.7 Å². The summed E-state index contributed by atoms with van der Waals surface area (Å²) in [5, 5.41) is 2.74. The Morgan fingerprint density at radius 2 is 1.96 bits per heavy atom. The van der Waals surface area contributed by atoms with Crippen molar-refractivity contribution in [1.29, 1.82) is 0 Å². The van der Waals surface area contributed by atoms with Crippen molar-refractivity contribution in [3.05, 3.63) is 35.4 Å². The number of hydrogen-bond acceptors (Lipinski definition) is 3. The Kier molecular flexibility index (Phi) is 9.96. The summed E-state index contributed by atoms with van der Waals surface area (Å²) in [7, 11) is 0. The molecule has 138 valence electrons. The molecule has 0 aliphatic heterocycles. The zero-order valence-corrected chi connectivity index (χ0v) is 14.5. The average Bonchev–Trinajstić information content (AvgIpc) is 2.50. The summed E-state index contributed by atoms with van der Waals surface area (Å²) < 4.78 is 40.7. The lowest BCUT2D eigenvalue weighted by molar-refractivity contribution is -0.176. The van der Waals surface area contributed by atoms with Gasteiger partial charge in [0.15, 0.2) is 0 Å². The van der Waals surface area contributed by atoms with Gasteiger partial charge in [-0.1, -0.05) is 44.5 Å². The van der Waals surface area contributed by atoms with Crippen molar-refractivity contribution < 1.29 is 22.7 Å². The number of carbonyl (C=O) groups excluding carboxylic acids is 1.